The molecule has 2 heterocycles. The number of rotatable bonds is 4. The number of hydrogen-bond acceptors (Lipinski definition) is 5. The summed E-state index contributed by atoms with van der Waals surface area (Å²) < 4.78 is 6.69. The SMILES string of the molecule is CC1CN(CC2CCN(c3cc(Br)ccc3[N+](=O)[O-])CC2)CC(C)O1. The van der Waals surface area contributed by atoms with E-state index in [-0.39, 0.29) is 10.6 Å². The van der Waals surface area contributed by atoms with Crippen molar-refractivity contribution in [2.75, 3.05) is 37.6 Å². The lowest BCUT2D eigenvalue weighted by molar-refractivity contribution is -0.384. The van der Waals surface area contributed by atoms with Gasteiger partial charge < -0.3 is 9.64 Å². The Balaban J connectivity index is 1.59. The number of halogens is 1. The predicted octanol–water partition coefficient (Wildman–Crippen LogP) is 3.68. The second-order valence-corrected chi connectivity index (χ2v) is 8.21. The molecule has 0 bridgehead atoms. The van der Waals surface area contributed by atoms with Crippen LogP contribution < -0.4 is 4.90 Å². The molecule has 6 nitrogen and oxygen atoms in total. The van der Waals surface area contributed by atoms with Crippen LogP contribution in [-0.4, -0.2) is 54.8 Å². The molecule has 7 heteroatoms. The van der Waals surface area contributed by atoms with Crippen LogP contribution in [0.5, 0.6) is 0 Å². The van der Waals surface area contributed by atoms with Crippen molar-refractivity contribution in [3.63, 3.8) is 0 Å². The third-order valence-electron chi connectivity index (χ3n) is 5.10. The maximum absolute atomic E-state index is 11.3. The minimum absolute atomic E-state index is 0.192. The number of nitro groups is 1. The number of hydrogen-bond donors (Lipinski definition) is 0. The normalized spacial score (nSPS) is 26.0. The molecule has 25 heavy (non-hydrogen) atoms. The van der Waals surface area contributed by atoms with E-state index in [1.54, 1.807) is 12.1 Å². The van der Waals surface area contributed by atoms with Crippen LogP contribution >= 0.6 is 15.9 Å². The maximum atomic E-state index is 11.3. The highest BCUT2D eigenvalue weighted by Crippen LogP contribution is 2.34. The average Bonchev–Trinajstić information content (AvgIpc) is 2.54. The van der Waals surface area contributed by atoms with Crippen LogP contribution in [0.25, 0.3) is 0 Å². The fourth-order valence-electron chi connectivity index (χ4n) is 4.06. The lowest BCUT2D eigenvalue weighted by Gasteiger charge is -2.39. The van der Waals surface area contributed by atoms with Gasteiger partial charge in [-0.15, -0.1) is 0 Å². The lowest BCUT2D eigenvalue weighted by Crippen LogP contribution is -2.48. The maximum Gasteiger partial charge on any atom is 0.292 e. The fourth-order valence-corrected chi connectivity index (χ4v) is 4.41. The van der Waals surface area contributed by atoms with Crippen molar-refractivity contribution in [3.8, 4) is 0 Å². The predicted molar refractivity (Wildman–Crippen MR) is 102 cm³/mol. The average molecular weight is 412 g/mol. The molecule has 1 aromatic rings. The van der Waals surface area contributed by atoms with Gasteiger partial charge in [0.2, 0.25) is 0 Å². The van der Waals surface area contributed by atoms with E-state index in [1.165, 1.54) is 0 Å². The number of nitro benzene ring substituents is 1. The number of benzene rings is 1. The summed E-state index contributed by atoms with van der Waals surface area (Å²) in [6.45, 7) is 9.12. The minimum Gasteiger partial charge on any atom is -0.373 e. The number of ether oxygens (including phenoxy) is 1. The van der Waals surface area contributed by atoms with E-state index in [0.717, 1.165) is 55.7 Å². The largest absolute Gasteiger partial charge is 0.373 e. The summed E-state index contributed by atoms with van der Waals surface area (Å²) in [6.07, 6.45) is 2.74. The van der Waals surface area contributed by atoms with E-state index in [9.17, 15) is 10.1 Å². The molecule has 0 amide bonds. The van der Waals surface area contributed by atoms with Crippen LogP contribution in [0.3, 0.4) is 0 Å². The summed E-state index contributed by atoms with van der Waals surface area (Å²) in [5.74, 6) is 0.653. The van der Waals surface area contributed by atoms with Gasteiger partial charge >= 0.3 is 0 Å². The quantitative estimate of drug-likeness (QED) is 0.558. The topological polar surface area (TPSA) is 58.9 Å². The molecule has 0 radical (unpaired) electrons. The molecule has 2 aliphatic rings. The van der Waals surface area contributed by atoms with Gasteiger partial charge in [0.15, 0.2) is 0 Å². The molecule has 2 unspecified atom stereocenters. The Morgan fingerprint density at radius 2 is 1.88 bits per heavy atom. The van der Waals surface area contributed by atoms with Crippen molar-refractivity contribution in [2.24, 2.45) is 5.92 Å². The number of nitrogens with zero attached hydrogens (tertiary/aromatic N) is 3. The van der Waals surface area contributed by atoms with E-state index >= 15 is 0 Å². The fraction of sp³-hybridized carbons (Fsp3) is 0.667. The Kier molecular flexibility index (Phi) is 5.96. The van der Waals surface area contributed by atoms with Crippen molar-refractivity contribution < 1.29 is 9.66 Å². The molecule has 2 fully saturated rings. The van der Waals surface area contributed by atoms with E-state index in [1.807, 2.05) is 6.07 Å². The van der Waals surface area contributed by atoms with E-state index in [0.29, 0.717) is 18.1 Å². The first kappa shape index (κ1) is 18.6. The molecule has 2 aliphatic heterocycles. The highest BCUT2D eigenvalue weighted by Gasteiger charge is 2.28. The summed E-state index contributed by atoms with van der Waals surface area (Å²) in [7, 11) is 0. The smallest absolute Gasteiger partial charge is 0.292 e. The Morgan fingerprint density at radius 1 is 1.24 bits per heavy atom. The van der Waals surface area contributed by atoms with Crippen LogP contribution in [0.1, 0.15) is 26.7 Å². The van der Waals surface area contributed by atoms with E-state index < -0.39 is 0 Å². The Bertz CT molecular complexity index is 610. The van der Waals surface area contributed by atoms with Gasteiger partial charge in [-0.2, -0.15) is 0 Å². The molecule has 2 saturated heterocycles. The molecule has 0 saturated carbocycles. The summed E-state index contributed by atoms with van der Waals surface area (Å²) in [5, 5.41) is 11.3. The summed E-state index contributed by atoms with van der Waals surface area (Å²) in [6, 6.07) is 5.18. The van der Waals surface area contributed by atoms with Gasteiger partial charge in [0.1, 0.15) is 5.69 Å². The van der Waals surface area contributed by atoms with Gasteiger partial charge in [0.25, 0.3) is 5.69 Å². The minimum atomic E-state index is -0.287. The molecule has 138 valence electrons. The number of morpholine rings is 1. The molecule has 2 atom stereocenters. The van der Waals surface area contributed by atoms with Gasteiger partial charge in [-0.1, -0.05) is 15.9 Å². The van der Waals surface area contributed by atoms with Gasteiger partial charge in [0, 0.05) is 43.3 Å². The first-order valence-corrected chi connectivity index (χ1v) is 9.78. The summed E-state index contributed by atoms with van der Waals surface area (Å²) >= 11 is 3.43. The van der Waals surface area contributed by atoms with Gasteiger partial charge in [-0.25, -0.2) is 0 Å². The Morgan fingerprint density at radius 3 is 2.48 bits per heavy atom. The van der Waals surface area contributed by atoms with Crippen molar-refractivity contribution in [2.45, 2.75) is 38.9 Å². The standard InChI is InChI=1S/C18H26BrN3O3/c1-13-10-20(11-14(2)25-13)12-15-5-7-21(8-6-15)18-9-16(19)3-4-17(18)22(23)24/h3-4,9,13-15H,5-8,10-12H2,1-2H3. The monoisotopic (exact) mass is 411 g/mol. The zero-order valence-electron chi connectivity index (χ0n) is 14.9. The van der Waals surface area contributed by atoms with Crippen molar-refractivity contribution in [3.05, 3.63) is 32.8 Å². The van der Waals surface area contributed by atoms with Gasteiger partial charge in [-0.05, 0) is 44.7 Å². The molecule has 1 aromatic carbocycles. The highest BCUT2D eigenvalue weighted by molar-refractivity contribution is 9.10. The summed E-state index contributed by atoms with van der Waals surface area (Å²) in [4.78, 5) is 15.7. The van der Waals surface area contributed by atoms with Crippen LogP contribution in [-0.2, 0) is 4.74 Å². The molecular weight excluding hydrogens is 386 g/mol. The van der Waals surface area contributed by atoms with Crippen molar-refractivity contribution in [1.29, 1.82) is 0 Å². The zero-order chi connectivity index (χ0) is 18.0. The van der Waals surface area contributed by atoms with Crippen LogP contribution in [0.15, 0.2) is 22.7 Å². The second kappa shape index (κ2) is 8.01. The van der Waals surface area contributed by atoms with Gasteiger partial charge in [-0.3, -0.25) is 15.0 Å². The second-order valence-electron chi connectivity index (χ2n) is 7.30. The first-order chi connectivity index (χ1) is 11.9. The third kappa shape index (κ3) is 4.71. The Hall–Kier alpha value is -1.18. The first-order valence-electron chi connectivity index (χ1n) is 8.99. The number of piperidine rings is 1. The summed E-state index contributed by atoms with van der Waals surface area (Å²) in [5.41, 5.74) is 0.920. The lowest BCUT2D eigenvalue weighted by atomic mass is 9.95. The molecule has 0 aliphatic carbocycles. The van der Waals surface area contributed by atoms with E-state index in [4.69, 9.17) is 4.74 Å². The molecule has 0 spiro atoms. The molecule has 3 rings (SSSR count). The third-order valence-corrected chi connectivity index (χ3v) is 5.59. The van der Waals surface area contributed by atoms with Crippen LogP contribution in [0.4, 0.5) is 11.4 Å². The highest BCUT2D eigenvalue weighted by atomic mass is 79.9. The molecule has 0 aromatic heterocycles. The molecule has 0 N–H and O–H groups in total. The Labute approximate surface area is 157 Å². The van der Waals surface area contributed by atoms with E-state index in [2.05, 4.69) is 39.6 Å². The van der Waals surface area contributed by atoms with Crippen LogP contribution in [0, 0.1) is 16.0 Å². The number of anilines is 1. The van der Waals surface area contributed by atoms with Crippen molar-refractivity contribution in [1.82, 2.24) is 4.90 Å². The van der Waals surface area contributed by atoms with Crippen molar-refractivity contribution >= 4 is 27.3 Å². The van der Waals surface area contributed by atoms with Gasteiger partial charge in [0.05, 0.1) is 17.1 Å². The zero-order valence-corrected chi connectivity index (χ0v) is 16.4. The molecular formula is C18H26BrN3O3. The van der Waals surface area contributed by atoms with Crippen LogP contribution in [0.2, 0.25) is 0 Å².